The van der Waals surface area contributed by atoms with Crippen LogP contribution in [0.1, 0.15) is 45.7 Å². The van der Waals surface area contributed by atoms with E-state index < -0.39 is 5.60 Å². The fraction of sp³-hybridized carbons (Fsp3) is 0.714. The van der Waals surface area contributed by atoms with Crippen molar-refractivity contribution in [2.24, 2.45) is 7.05 Å². The van der Waals surface area contributed by atoms with E-state index in [9.17, 15) is 5.11 Å². The third-order valence-electron chi connectivity index (χ3n) is 3.34. The van der Waals surface area contributed by atoms with Crippen molar-refractivity contribution in [3.63, 3.8) is 0 Å². The minimum absolute atomic E-state index is 0.353. The van der Waals surface area contributed by atoms with Crippen molar-refractivity contribution in [2.45, 2.75) is 58.6 Å². The van der Waals surface area contributed by atoms with Gasteiger partial charge in [0.25, 0.3) is 0 Å². The van der Waals surface area contributed by atoms with E-state index >= 15 is 0 Å². The molecule has 0 aliphatic carbocycles. The highest BCUT2D eigenvalue weighted by atomic mass is 32.1. The molecule has 2 rings (SSSR count). The molecule has 0 bridgehead atoms. The molecule has 1 atom stereocenters. The molecule has 2 N–H and O–H groups in total. The zero-order chi connectivity index (χ0) is 14.9. The van der Waals surface area contributed by atoms with Crippen LogP contribution in [0, 0.1) is 6.92 Å². The molecule has 0 saturated heterocycles. The monoisotopic (exact) mass is 296 g/mol. The lowest BCUT2D eigenvalue weighted by Crippen LogP contribution is -2.20. The zero-order valence-electron chi connectivity index (χ0n) is 12.9. The second-order valence-electron chi connectivity index (χ2n) is 6.13. The summed E-state index contributed by atoms with van der Waals surface area (Å²) in [7, 11) is 1.92. The summed E-state index contributed by atoms with van der Waals surface area (Å²) in [6.07, 6.45) is 2.85. The van der Waals surface area contributed by atoms with Crippen LogP contribution in [0.5, 0.6) is 0 Å². The van der Waals surface area contributed by atoms with Gasteiger partial charge >= 0.3 is 0 Å². The number of aryl methyl sites for hydroxylation is 2. The van der Waals surface area contributed by atoms with Gasteiger partial charge in [0, 0.05) is 13.1 Å². The van der Waals surface area contributed by atoms with Crippen LogP contribution in [0.15, 0.2) is 0 Å². The number of hydrogen-bond acceptors (Lipinski definition) is 5. The summed E-state index contributed by atoms with van der Waals surface area (Å²) in [4.78, 5) is 4.59. The van der Waals surface area contributed by atoms with Crippen molar-refractivity contribution in [2.75, 3.05) is 5.32 Å². The number of aliphatic hydroxyl groups is 1. The van der Waals surface area contributed by atoms with Crippen molar-refractivity contribution in [1.29, 1.82) is 0 Å². The van der Waals surface area contributed by atoms with Crippen molar-refractivity contribution in [1.82, 2.24) is 14.8 Å². The van der Waals surface area contributed by atoms with E-state index in [-0.39, 0.29) is 0 Å². The average Bonchev–Trinajstić information content (AvgIpc) is 2.80. The van der Waals surface area contributed by atoms with Crippen LogP contribution in [0.3, 0.4) is 0 Å². The Morgan fingerprint density at radius 1 is 1.45 bits per heavy atom. The van der Waals surface area contributed by atoms with E-state index in [4.69, 9.17) is 0 Å². The van der Waals surface area contributed by atoms with E-state index in [0.717, 1.165) is 40.4 Å². The summed E-state index contributed by atoms with van der Waals surface area (Å²) in [5, 5.41) is 18.5. The Kier molecular flexibility index (Phi) is 4.34. The lowest BCUT2D eigenvalue weighted by Gasteiger charge is -2.18. The predicted octanol–water partition coefficient (Wildman–Crippen LogP) is 3.08. The van der Waals surface area contributed by atoms with Crippen LogP contribution >= 0.6 is 11.3 Å². The molecule has 0 fully saturated rings. The van der Waals surface area contributed by atoms with Crippen LogP contribution < -0.4 is 5.32 Å². The van der Waals surface area contributed by atoms with E-state index in [2.05, 4.69) is 22.3 Å². The maximum absolute atomic E-state index is 9.71. The third-order valence-corrected chi connectivity index (χ3v) is 4.42. The minimum atomic E-state index is -0.571. The molecular formula is C14H24N4OS. The summed E-state index contributed by atoms with van der Waals surface area (Å²) in [6.45, 7) is 7.88. The first kappa shape index (κ1) is 15.3. The molecule has 112 valence electrons. The van der Waals surface area contributed by atoms with Crippen LogP contribution in [-0.4, -0.2) is 31.5 Å². The van der Waals surface area contributed by atoms with Crippen LogP contribution in [0.2, 0.25) is 0 Å². The molecule has 20 heavy (non-hydrogen) atoms. The van der Waals surface area contributed by atoms with Crippen molar-refractivity contribution in [3.05, 3.63) is 5.69 Å². The SMILES string of the molecule is Cc1nn(C)c2nc(N[C@@H](C)CCCC(C)(C)O)sc12. The largest absolute Gasteiger partial charge is 0.390 e. The maximum Gasteiger partial charge on any atom is 0.185 e. The molecule has 2 aromatic rings. The normalized spacial score (nSPS) is 13.9. The highest BCUT2D eigenvalue weighted by Gasteiger charge is 2.15. The van der Waals surface area contributed by atoms with Gasteiger partial charge < -0.3 is 10.4 Å². The molecule has 0 aliphatic rings. The zero-order valence-corrected chi connectivity index (χ0v) is 13.7. The smallest absolute Gasteiger partial charge is 0.185 e. The van der Waals surface area contributed by atoms with Gasteiger partial charge in [0.15, 0.2) is 10.8 Å². The molecular weight excluding hydrogens is 272 g/mol. The lowest BCUT2D eigenvalue weighted by molar-refractivity contribution is 0.0680. The summed E-state index contributed by atoms with van der Waals surface area (Å²) in [5.41, 5.74) is 1.40. The van der Waals surface area contributed by atoms with E-state index in [0.29, 0.717) is 6.04 Å². The molecule has 0 saturated carbocycles. The quantitative estimate of drug-likeness (QED) is 0.860. The van der Waals surface area contributed by atoms with Gasteiger partial charge in [-0.3, -0.25) is 0 Å². The number of rotatable bonds is 6. The number of hydrogen-bond donors (Lipinski definition) is 2. The number of anilines is 1. The summed E-state index contributed by atoms with van der Waals surface area (Å²) in [6, 6.07) is 0.353. The van der Waals surface area contributed by atoms with E-state index in [1.54, 1.807) is 11.3 Å². The molecule has 5 nitrogen and oxygen atoms in total. The van der Waals surface area contributed by atoms with E-state index in [1.807, 2.05) is 32.5 Å². The maximum atomic E-state index is 9.71. The van der Waals surface area contributed by atoms with Gasteiger partial charge in [0.05, 0.1) is 16.0 Å². The van der Waals surface area contributed by atoms with Gasteiger partial charge in [0.2, 0.25) is 0 Å². The van der Waals surface area contributed by atoms with Crippen LogP contribution in [0.25, 0.3) is 10.3 Å². The van der Waals surface area contributed by atoms with Crippen molar-refractivity contribution < 1.29 is 5.11 Å². The molecule has 0 amide bonds. The predicted molar refractivity (Wildman–Crippen MR) is 84.4 cm³/mol. The number of nitrogens with one attached hydrogen (secondary N) is 1. The standard InChI is InChI=1S/C14H24N4OS/c1-9(7-6-8-14(3,4)19)15-13-16-12-11(20-13)10(2)17-18(12)5/h9,19H,6-8H2,1-5H3,(H,15,16)/t9-/m0/s1. The first-order valence-corrected chi connectivity index (χ1v) is 7.87. The van der Waals surface area contributed by atoms with Gasteiger partial charge in [-0.15, -0.1) is 0 Å². The fourth-order valence-electron chi connectivity index (χ4n) is 2.27. The van der Waals surface area contributed by atoms with Gasteiger partial charge in [-0.1, -0.05) is 11.3 Å². The Balaban J connectivity index is 1.93. The number of thiazole rings is 1. The summed E-state index contributed by atoms with van der Waals surface area (Å²) < 4.78 is 2.98. The topological polar surface area (TPSA) is 63.0 Å². The van der Waals surface area contributed by atoms with Crippen LogP contribution in [0.4, 0.5) is 5.13 Å². The van der Waals surface area contributed by atoms with Gasteiger partial charge in [-0.05, 0) is 47.0 Å². The highest BCUT2D eigenvalue weighted by molar-refractivity contribution is 7.22. The Labute approximate surface area is 124 Å². The first-order valence-electron chi connectivity index (χ1n) is 7.05. The van der Waals surface area contributed by atoms with Crippen molar-refractivity contribution in [3.8, 4) is 0 Å². The fourth-order valence-corrected chi connectivity index (χ4v) is 3.31. The van der Waals surface area contributed by atoms with E-state index in [1.165, 1.54) is 0 Å². The second kappa shape index (κ2) is 5.69. The van der Waals surface area contributed by atoms with Gasteiger partial charge in [-0.25, -0.2) is 9.67 Å². The minimum Gasteiger partial charge on any atom is -0.390 e. The Bertz CT molecular complexity index is 547. The molecule has 6 heteroatoms. The number of aromatic nitrogens is 3. The molecule has 2 aromatic heterocycles. The second-order valence-corrected chi connectivity index (χ2v) is 7.13. The molecule has 0 radical (unpaired) electrons. The Morgan fingerprint density at radius 2 is 2.15 bits per heavy atom. The molecule has 0 unspecified atom stereocenters. The molecule has 2 heterocycles. The third kappa shape index (κ3) is 3.70. The molecule has 0 aliphatic heterocycles. The molecule has 0 spiro atoms. The lowest BCUT2D eigenvalue weighted by atomic mass is 10.00. The summed E-state index contributed by atoms with van der Waals surface area (Å²) in [5.74, 6) is 0. The number of fused-ring (bicyclic) bond motifs is 1. The average molecular weight is 296 g/mol. The number of nitrogens with zero attached hydrogens (tertiary/aromatic N) is 3. The Hall–Kier alpha value is -1.14. The molecule has 0 aromatic carbocycles. The first-order chi connectivity index (χ1) is 9.26. The Morgan fingerprint density at radius 3 is 2.75 bits per heavy atom. The van der Waals surface area contributed by atoms with Crippen LogP contribution in [-0.2, 0) is 7.05 Å². The summed E-state index contributed by atoms with van der Waals surface area (Å²) >= 11 is 1.66. The van der Waals surface area contributed by atoms with Crippen molar-refractivity contribution >= 4 is 26.8 Å². The highest BCUT2D eigenvalue weighted by Crippen LogP contribution is 2.28. The van der Waals surface area contributed by atoms with Gasteiger partial charge in [0.1, 0.15) is 0 Å². The van der Waals surface area contributed by atoms with Gasteiger partial charge in [-0.2, -0.15) is 5.10 Å².